The summed E-state index contributed by atoms with van der Waals surface area (Å²) in [5.74, 6) is -2.08. The number of halogens is 3. The Labute approximate surface area is 213 Å². The summed E-state index contributed by atoms with van der Waals surface area (Å²) in [4.78, 5) is 41.3. The summed E-state index contributed by atoms with van der Waals surface area (Å²) in [7, 11) is 0. The smallest absolute Gasteiger partial charge is 0.471 e. The van der Waals surface area contributed by atoms with Gasteiger partial charge in [-0.3, -0.25) is 14.4 Å². The predicted molar refractivity (Wildman–Crippen MR) is 130 cm³/mol. The Kier molecular flexibility index (Phi) is 7.75. The first-order chi connectivity index (χ1) is 17.6. The molecule has 1 unspecified atom stereocenters. The molecule has 0 saturated carbocycles. The number of nitrogens with one attached hydrogen (secondary N) is 1. The number of likely N-dealkylation sites (tertiary alicyclic amines) is 2. The summed E-state index contributed by atoms with van der Waals surface area (Å²) in [6, 6.07) is 13.5. The third kappa shape index (κ3) is 6.06. The molecular formula is C27H30F3N3O4. The number of hydrogen-bond donors (Lipinski definition) is 1. The second kappa shape index (κ2) is 10.8. The molecule has 0 bridgehead atoms. The third-order valence-corrected chi connectivity index (χ3v) is 7.19. The van der Waals surface area contributed by atoms with E-state index in [1.165, 1.54) is 17.0 Å². The number of nitrogens with zero attached hydrogens (tertiary/aromatic N) is 2. The van der Waals surface area contributed by atoms with Gasteiger partial charge in [0.1, 0.15) is 11.8 Å². The SMILES string of the molecule is CCOc1ccc(C(=O)N2CCC3(CC2)CCN(C(=O)C(NC(=O)C(F)(F)F)c2ccccc2)C3)cc1. The normalized spacial score (nSPS) is 17.9. The van der Waals surface area contributed by atoms with Gasteiger partial charge in [0, 0.05) is 31.7 Å². The van der Waals surface area contributed by atoms with Crippen molar-refractivity contribution < 1.29 is 32.3 Å². The lowest BCUT2D eigenvalue weighted by Crippen LogP contribution is -2.48. The lowest BCUT2D eigenvalue weighted by atomic mass is 9.77. The van der Waals surface area contributed by atoms with Crippen LogP contribution in [-0.2, 0) is 9.59 Å². The molecule has 198 valence electrons. The van der Waals surface area contributed by atoms with E-state index in [9.17, 15) is 27.6 Å². The molecule has 37 heavy (non-hydrogen) atoms. The van der Waals surface area contributed by atoms with Gasteiger partial charge >= 0.3 is 12.1 Å². The van der Waals surface area contributed by atoms with Gasteiger partial charge in [-0.15, -0.1) is 0 Å². The van der Waals surface area contributed by atoms with E-state index >= 15 is 0 Å². The second-order valence-electron chi connectivity index (χ2n) is 9.57. The zero-order valence-corrected chi connectivity index (χ0v) is 20.6. The van der Waals surface area contributed by atoms with Crippen LogP contribution in [0.4, 0.5) is 13.2 Å². The van der Waals surface area contributed by atoms with E-state index in [-0.39, 0.29) is 11.3 Å². The van der Waals surface area contributed by atoms with Gasteiger partial charge in [-0.05, 0) is 61.4 Å². The summed E-state index contributed by atoms with van der Waals surface area (Å²) >= 11 is 0. The van der Waals surface area contributed by atoms with E-state index in [2.05, 4.69) is 0 Å². The van der Waals surface area contributed by atoms with Crippen LogP contribution in [0.3, 0.4) is 0 Å². The Morgan fingerprint density at radius 2 is 1.54 bits per heavy atom. The average Bonchev–Trinajstić information content (AvgIpc) is 3.31. The molecule has 0 radical (unpaired) electrons. The zero-order chi connectivity index (χ0) is 26.6. The molecule has 2 aromatic carbocycles. The number of rotatable bonds is 6. The Bertz CT molecular complexity index is 1110. The Morgan fingerprint density at radius 3 is 2.11 bits per heavy atom. The lowest BCUT2D eigenvalue weighted by molar-refractivity contribution is -0.175. The number of ether oxygens (including phenoxy) is 1. The number of benzene rings is 2. The molecular weight excluding hydrogens is 487 g/mol. The summed E-state index contributed by atoms with van der Waals surface area (Å²) < 4.78 is 44.3. The largest absolute Gasteiger partial charge is 0.494 e. The highest BCUT2D eigenvalue weighted by atomic mass is 19.4. The number of carbonyl (C=O) groups excluding carboxylic acids is 3. The molecule has 0 aromatic heterocycles. The highest BCUT2D eigenvalue weighted by Crippen LogP contribution is 2.41. The van der Waals surface area contributed by atoms with Gasteiger partial charge in [0.25, 0.3) is 5.91 Å². The van der Waals surface area contributed by atoms with Crippen LogP contribution in [-0.4, -0.2) is 66.5 Å². The van der Waals surface area contributed by atoms with Crippen LogP contribution in [0.1, 0.15) is 48.1 Å². The molecule has 2 heterocycles. The number of amides is 3. The van der Waals surface area contributed by atoms with Crippen LogP contribution in [0, 0.1) is 5.41 Å². The van der Waals surface area contributed by atoms with Gasteiger partial charge in [-0.1, -0.05) is 30.3 Å². The van der Waals surface area contributed by atoms with Crippen LogP contribution >= 0.6 is 0 Å². The van der Waals surface area contributed by atoms with E-state index in [1.54, 1.807) is 47.4 Å². The molecule has 2 saturated heterocycles. The van der Waals surface area contributed by atoms with Crippen molar-refractivity contribution in [2.45, 2.75) is 38.4 Å². The van der Waals surface area contributed by atoms with Gasteiger partial charge in [-0.2, -0.15) is 13.2 Å². The van der Waals surface area contributed by atoms with E-state index in [0.29, 0.717) is 68.9 Å². The van der Waals surface area contributed by atoms with Crippen LogP contribution < -0.4 is 10.1 Å². The van der Waals surface area contributed by atoms with E-state index in [0.717, 1.165) is 0 Å². The zero-order valence-electron chi connectivity index (χ0n) is 20.6. The summed E-state index contributed by atoms with van der Waals surface area (Å²) in [5.41, 5.74) is 0.663. The fourth-order valence-electron chi connectivity index (χ4n) is 5.09. The number of alkyl halides is 3. The highest BCUT2D eigenvalue weighted by molar-refractivity contribution is 5.94. The van der Waals surface area contributed by atoms with Crippen molar-refractivity contribution in [3.05, 3.63) is 65.7 Å². The van der Waals surface area contributed by atoms with Crippen LogP contribution in [0.5, 0.6) is 5.75 Å². The van der Waals surface area contributed by atoms with E-state index < -0.39 is 24.0 Å². The monoisotopic (exact) mass is 517 g/mol. The number of hydrogen-bond acceptors (Lipinski definition) is 4. The molecule has 3 amide bonds. The van der Waals surface area contributed by atoms with Crippen molar-refractivity contribution in [2.75, 3.05) is 32.8 Å². The quantitative estimate of drug-likeness (QED) is 0.629. The van der Waals surface area contributed by atoms with Gasteiger partial charge in [-0.25, -0.2) is 0 Å². The Balaban J connectivity index is 1.39. The van der Waals surface area contributed by atoms with Crippen molar-refractivity contribution in [3.63, 3.8) is 0 Å². The standard InChI is InChI=1S/C27H30F3N3O4/c1-2-37-21-10-8-20(9-11-21)23(34)32-15-12-26(13-16-32)14-17-33(18-26)24(35)22(19-6-4-3-5-7-19)31-25(36)27(28,29)30/h3-11,22H,2,12-18H2,1H3,(H,31,36). The van der Waals surface area contributed by atoms with Crippen molar-refractivity contribution in [1.29, 1.82) is 0 Å². The maximum absolute atomic E-state index is 13.3. The van der Waals surface area contributed by atoms with Crippen molar-refractivity contribution >= 4 is 17.7 Å². The second-order valence-corrected chi connectivity index (χ2v) is 9.57. The summed E-state index contributed by atoms with van der Waals surface area (Å²) in [6.45, 7) is 4.25. The van der Waals surface area contributed by atoms with Crippen molar-refractivity contribution in [2.24, 2.45) is 5.41 Å². The molecule has 2 fully saturated rings. The first-order valence-electron chi connectivity index (χ1n) is 12.4. The molecule has 2 aliphatic heterocycles. The first kappa shape index (κ1) is 26.5. The van der Waals surface area contributed by atoms with Gasteiger partial charge < -0.3 is 19.9 Å². The van der Waals surface area contributed by atoms with Gasteiger partial charge in [0.2, 0.25) is 5.91 Å². The van der Waals surface area contributed by atoms with Crippen LogP contribution in [0.25, 0.3) is 0 Å². The molecule has 1 N–H and O–H groups in total. The minimum Gasteiger partial charge on any atom is -0.494 e. The minimum atomic E-state index is -5.09. The molecule has 2 aromatic rings. The predicted octanol–water partition coefficient (Wildman–Crippen LogP) is 3.96. The first-order valence-corrected chi connectivity index (χ1v) is 12.4. The molecule has 10 heteroatoms. The molecule has 1 atom stereocenters. The number of carbonyl (C=O) groups is 3. The molecule has 7 nitrogen and oxygen atoms in total. The van der Waals surface area contributed by atoms with E-state index in [4.69, 9.17) is 4.74 Å². The van der Waals surface area contributed by atoms with Crippen LogP contribution in [0.2, 0.25) is 0 Å². The van der Waals surface area contributed by atoms with Crippen molar-refractivity contribution in [1.82, 2.24) is 15.1 Å². The Hall–Kier alpha value is -3.56. The van der Waals surface area contributed by atoms with E-state index in [1.807, 2.05) is 12.2 Å². The lowest BCUT2D eigenvalue weighted by Gasteiger charge is -2.39. The molecule has 1 spiro atoms. The topological polar surface area (TPSA) is 79.0 Å². The summed E-state index contributed by atoms with van der Waals surface area (Å²) in [6.07, 6.45) is -3.03. The van der Waals surface area contributed by atoms with Crippen molar-refractivity contribution in [3.8, 4) is 5.75 Å². The molecule has 0 aliphatic carbocycles. The van der Waals surface area contributed by atoms with Crippen LogP contribution in [0.15, 0.2) is 54.6 Å². The summed E-state index contributed by atoms with van der Waals surface area (Å²) in [5, 5.41) is 1.88. The number of piperidine rings is 1. The van der Waals surface area contributed by atoms with Gasteiger partial charge in [0.15, 0.2) is 0 Å². The maximum Gasteiger partial charge on any atom is 0.471 e. The minimum absolute atomic E-state index is 0.0668. The average molecular weight is 518 g/mol. The molecule has 2 aliphatic rings. The molecule has 4 rings (SSSR count). The van der Waals surface area contributed by atoms with Gasteiger partial charge in [0.05, 0.1) is 6.61 Å². The fraction of sp³-hybridized carbons (Fsp3) is 0.444. The highest BCUT2D eigenvalue weighted by Gasteiger charge is 2.46. The Morgan fingerprint density at radius 1 is 0.946 bits per heavy atom. The maximum atomic E-state index is 13.3. The fourth-order valence-corrected chi connectivity index (χ4v) is 5.09. The third-order valence-electron chi connectivity index (χ3n) is 7.19.